The van der Waals surface area contributed by atoms with Crippen LogP contribution in [-0.2, 0) is 0 Å². The van der Waals surface area contributed by atoms with Crippen LogP contribution in [0.5, 0.6) is 0 Å². The first-order valence-corrected chi connectivity index (χ1v) is 7.04. The standard InChI is InChI=1S/C14H30N2/c1-5-13-9-7-8-10-16(13)12-14(3,4)11-15-6-2/h13,15H,5-12H2,1-4H3. The van der Waals surface area contributed by atoms with Crippen molar-refractivity contribution in [2.24, 2.45) is 5.41 Å². The Hall–Kier alpha value is -0.0800. The number of hydrogen-bond donors (Lipinski definition) is 1. The molecule has 96 valence electrons. The summed E-state index contributed by atoms with van der Waals surface area (Å²) < 4.78 is 0. The maximum Gasteiger partial charge on any atom is 0.00928 e. The second-order valence-corrected chi connectivity index (χ2v) is 5.97. The third kappa shape index (κ3) is 4.42. The van der Waals surface area contributed by atoms with Gasteiger partial charge in [-0.05, 0) is 37.8 Å². The molecule has 1 aliphatic rings. The summed E-state index contributed by atoms with van der Waals surface area (Å²) >= 11 is 0. The summed E-state index contributed by atoms with van der Waals surface area (Å²) in [5.41, 5.74) is 0.404. The topological polar surface area (TPSA) is 15.3 Å². The van der Waals surface area contributed by atoms with Crippen molar-refractivity contribution in [1.82, 2.24) is 10.2 Å². The fourth-order valence-corrected chi connectivity index (χ4v) is 2.80. The number of rotatable bonds is 6. The molecule has 2 heteroatoms. The molecular weight excluding hydrogens is 196 g/mol. The molecule has 0 bridgehead atoms. The molecule has 1 saturated heterocycles. The molecule has 0 radical (unpaired) electrons. The molecule has 0 aromatic heterocycles. The van der Waals surface area contributed by atoms with Crippen LogP contribution in [0.4, 0.5) is 0 Å². The SMILES string of the molecule is CCNCC(C)(C)CN1CCCCC1CC. The Kier molecular flexibility index (Phi) is 5.77. The smallest absolute Gasteiger partial charge is 0.00928 e. The Morgan fingerprint density at radius 2 is 2.00 bits per heavy atom. The van der Waals surface area contributed by atoms with Crippen molar-refractivity contribution in [3.8, 4) is 0 Å². The summed E-state index contributed by atoms with van der Waals surface area (Å²) in [5.74, 6) is 0. The molecule has 1 rings (SSSR count). The Morgan fingerprint density at radius 3 is 2.62 bits per heavy atom. The van der Waals surface area contributed by atoms with Gasteiger partial charge in [-0.2, -0.15) is 0 Å². The first-order valence-electron chi connectivity index (χ1n) is 7.04. The largest absolute Gasteiger partial charge is 0.316 e. The predicted octanol–water partition coefficient (Wildman–Crippen LogP) is 2.89. The van der Waals surface area contributed by atoms with E-state index >= 15 is 0 Å². The van der Waals surface area contributed by atoms with E-state index in [0.717, 1.165) is 19.1 Å². The minimum atomic E-state index is 0.404. The Labute approximate surface area is 102 Å². The maximum atomic E-state index is 3.48. The highest BCUT2D eigenvalue weighted by molar-refractivity contribution is 4.82. The van der Waals surface area contributed by atoms with Crippen molar-refractivity contribution in [3.63, 3.8) is 0 Å². The maximum absolute atomic E-state index is 3.48. The third-order valence-electron chi connectivity index (χ3n) is 3.70. The van der Waals surface area contributed by atoms with Crippen LogP contribution >= 0.6 is 0 Å². The molecule has 1 heterocycles. The van der Waals surface area contributed by atoms with E-state index in [0.29, 0.717) is 5.41 Å². The Balaban J connectivity index is 2.43. The Morgan fingerprint density at radius 1 is 1.25 bits per heavy atom. The molecule has 0 saturated carbocycles. The van der Waals surface area contributed by atoms with Crippen LogP contribution in [0.2, 0.25) is 0 Å². The number of nitrogens with one attached hydrogen (secondary N) is 1. The van der Waals surface area contributed by atoms with E-state index in [-0.39, 0.29) is 0 Å². The first-order chi connectivity index (χ1) is 7.59. The van der Waals surface area contributed by atoms with Crippen LogP contribution in [-0.4, -0.2) is 37.1 Å². The van der Waals surface area contributed by atoms with Gasteiger partial charge in [0, 0.05) is 19.1 Å². The molecule has 0 aliphatic carbocycles. The van der Waals surface area contributed by atoms with E-state index in [4.69, 9.17) is 0 Å². The molecule has 0 amide bonds. The van der Waals surface area contributed by atoms with Crippen molar-refractivity contribution < 1.29 is 0 Å². The van der Waals surface area contributed by atoms with Crippen LogP contribution in [0.25, 0.3) is 0 Å². The highest BCUT2D eigenvalue weighted by atomic mass is 15.2. The molecule has 1 aliphatic heterocycles. The highest BCUT2D eigenvalue weighted by Gasteiger charge is 2.27. The quantitative estimate of drug-likeness (QED) is 0.749. The van der Waals surface area contributed by atoms with E-state index in [9.17, 15) is 0 Å². The van der Waals surface area contributed by atoms with Crippen molar-refractivity contribution in [3.05, 3.63) is 0 Å². The summed E-state index contributed by atoms with van der Waals surface area (Å²) in [6.45, 7) is 14.1. The van der Waals surface area contributed by atoms with Gasteiger partial charge < -0.3 is 5.32 Å². The molecule has 1 N–H and O–H groups in total. The predicted molar refractivity (Wildman–Crippen MR) is 71.8 cm³/mol. The molecule has 1 unspecified atom stereocenters. The molecule has 1 atom stereocenters. The number of nitrogens with zero attached hydrogens (tertiary/aromatic N) is 1. The summed E-state index contributed by atoms with van der Waals surface area (Å²) in [6.07, 6.45) is 5.56. The lowest BCUT2D eigenvalue weighted by Crippen LogP contribution is -2.47. The number of likely N-dealkylation sites (tertiary alicyclic amines) is 1. The zero-order chi connectivity index (χ0) is 12.0. The summed E-state index contributed by atoms with van der Waals surface area (Å²) in [4.78, 5) is 2.72. The molecule has 0 aromatic carbocycles. The summed E-state index contributed by atoms with van der Waals surface area (Å²) in [7, 11) is 0. The van der Waals surface area contributed by atoms with Gasteiger partial charge in [0.15, 0.2) is 0 Å². The lowest BCUT2D eigenvalue weighted by atomic mass is 9.89. The van der Waals surface area contributed by atoms with E-state index in [1.165, 1.54) is 38.8 Å². The van der Waals surface area contributed by atoms with Crippen molar-refractivity contribution in [1.29, 1.82) is 0 Å². The average molecular weight is 226 g/mol. The van der Waals surface area contributed by atoms with Crippen LogP contribution in [0.1, 0.15) is 53.4 Å². The van der Waals surface area contributed by atoms with Gasteiger partial charge in [-0.1, -0.05) is 34.1 Å². The monoisotopic (exact) mass is 226 g/mol. The van der Waals surface area contributed by atoms with Crippen LogP contribution in [0, 0.1) is 5.41 Å². The zero-order valence-electron chi connectivity index (χ0n) is 11.7. The van der Waals surface area contributed by atoms with Gasteiger partial charge in [-0.25, -0.2) is 0 Å². The van der Waals surface area contributed by atoms with Gasteiger partial charge in [-0.15, -0.1) is 0 Å². The third-order valence-corrected chi connectivity index (χ3v) is 3.70. The van der Waals surface area contributed by atoms with E-state index in [1.54, 1.807) is 0 Å². The number of hydrogen-bond acceptors (Lipinski definition) is 2. The second kappa shape index (κ2) is 6.61. The van der Waals surface area contributed by atoms with Gasteiger partial charge in [0.1, 0.15) is 0 Å². The molecule has 16 heavy (non-hydrogen) atoms. The Bertz CT molecular complexity index is 189. The van der Waals surface area contributed by atoms with Crippen molar-refractivity contribution in [2.45, 2.75) is 59.4 Å². The van der Waals surface area contributed by atoms with Gasteiger partial charge in [0.25, 0.3) is 0 Å². The summed E-state index contributed by atoms with van der Waals surface area (Å²) in [6, 6.07) is 0.842. The molecule has 0 aromatic rings. The van der Waals surface area contributed by atoms with E-state index in [2.05, 4.69) is 37.9 Å². The molecule has 2 nitrogen and oxygen atoms in total. The van der Waals surface area contributed by atoms with Gasteiger partial charge >= 0.3 is 0 Å². The van der Waals surface area contributed by atoms with Crippen molar-refractivity contribution >= 4 is 0 Å². The molecule has 1 fully saturated rings. The minimum absolute atomic E-state index is 0.404. The van der Waals surface area contributed by atoms with Crippen LogP contribution < -0.4 is 5.32 Å². The minimum Gasteiger partial charge on any atom is -0.316 e. The lowest BCUT2D eigenvalue weighted by molar-refractivity contribution is 0.0929. The highest BCUT2D eigenvalue weighted by Crippen LogP contribution is 2.24. The number of piperidine rings is 1. The fourth-order valence-electron chi connectivity index (χ4n) is 2.80. The molecular formula is C14H30N2. The van der Waals surface area contributed by atoms with E-state index < -0.39 is 0 Å². The first kappa shape index (κ1) is 14.0. The van der Waals surface area contributed by atoms with Crippen molar-refractivity contribution in [2.75, 3.05) is 26.2 Å². The summed E-state index contributed by atoms with van der Waals surface area (Å²) in [5, 5.41) is 3.48. The normalized spacial score (nSPS) is 23.6. The van der Waals surface area contributed by atoms with Gasteiger partial charge in [0.2, 0.25) is 0 Å². The van der Waals surface area contributed by atoms with E-state index in [1.807, 2.05) is 0 Å². The fraction of sp³-hybridized carbons (Fsp3) is 1.00. The van der Waals surface area contributed by atoms with Crippen LogP contribution in [0.3, 0.4) is 0 Å². The molecule has 0 spiro atoms. The van der Waals surface area contributed by atoms with Gasteiger partial charge in [0.05, 0.1) is 0 Å². The average Bonchev–Trinajstić information content (AvgIpc) is 2.27. The lowest BCUT2D eigenvalue weighted by Gasteiger charge is -2.40. The van der Waals surface area contributed by atoms with Crippen LogP contribution in [0.15, 0.2) is 0 Å². The zero-order valence-corrected chi connectivity index (χ0v) is 11.7. The second-order valence-electron chi connectivity index (χ2n) is 5.97. The van der Waals surface area contributed by atoms with Gasteiger partial charge in [-0.3, -0.25) is 4.90 Å².